The van der Waals surface area contributed by atoms with Crippen LogP contribution in [0.5, 0.6) is 5.75 Å². The van der Waals surface area contributed by atoms with Gasteiger partial charge in [0.1, 0.15) is 5.75 Å². The molecule has 0 spiro atoms. The fourth-order valence-electron chi connectivity index (χ4n) is 8.16. The van der Waals surface area contributed by atoms with Crippen LogP contribution in [0.15, 0.2) is 66.4 Å². The van der Waals surface area contributed by atoms with Crippen LogP contribution in [0.25, 0.3) is 0 Å². The van der Waals surface area contributed by atoms with Gasteiger partial charge in [0, 0.05) is 27.7 Å². The van der Waals surface area contributed by atoms with Crippen molar-refractivity contribution >= 4 is 70.3 Å². The molecule has 2 aromatic carbocycles. The van der Waals surface area contributed by atoms with Crippen LogP contribution in [-0.2, 0) is 35.5 Å². The van der Waals surface area contributed by atoms with Crippen LogP contribution in [-0.4, -0.2) is 56.8 Å². The molecule has 6 atom stereocenters. The second kappa shape index (κ2) is 12.2. The van der Waals surface area contributed by atoms with Crippen LogP contribution in [0.2, 0.25) is 15.1 Å². The number of phenolic OH excluding ortho intramolecular Hbond substituents is 1. The Morgan fingerprint density at radius 2 is 1.67 bits per heavy atom. The number of phenols is 1. The van der Waals surface area contributed by atoms with Gasteiger partial charge >= 0.3 is 12.3 Å². The lowest BCUT2D eigenvalue weighted by Gasteiger charge is -2.50. The molecule has 1 saturated carbocycles. The van der Waals surface area contributed by atoms with Gasteiger partial charge in [-0.15, -0.1) is 0 Å². The summed E-state index contributed by atoms with van der Waals surface area (Å²) in [6.07, 6.45) is -4.00. The molecule has 1 aromatic heterocycles. The predicted molar refractivity (Wildman–Crippen MR) is 174 cm³/mol. The van der Waals surface area contributed by atoms with E-state index in [0.29, 0.717) is 32.8 Å². The highest BCUT2D eigenvalue weighted by Gasteiger charge is 2.71. The van der Waals surface area contributed by atoms with E-state index in [1.165, 1.54) is 42.5 Å². The van der Waals surface area contributed by atoms with E-state index < -0.39 is 87.3 Å². The molecule has 3 heterocycles. The molecule has 17 heteroatoms. The minimum Gasteiger partial charge on any atom is -0.508 e. The number of rotatable bonds is 4. The van der Waals surface area contributed by atoms with E-state index in [1.807, 2.05) is 0 Å². The first-order chi connectivity index (χ1) is 24.1. The molecule has 7 rings (SSSR count). The third kappa shape index (κ3) is 5.17. The quantitative estimate of drug-likeness (QED) is 0.224. The van der Waals surface area contributed by atoms with Gasteiger partial charge in [0.2, 0.25) is 11.8 Å². The minimum absolute atomic E-state index is 0.0249. The molecule has 5 amide bonds. The number of alkyl halides is 3. The number of allylic oxidation sites excluding steroid dienone is 2. The summed E-state index contributed by atoms with van der Waals surface area (Å²) in [5.41, 5.74) is 0.294. The predicted octanol–water partition coefficient (Wildman–Crippen LogP) is 6.52. The van der Waals surface area contributed by atoms with Crippen molar-refractivity contribution in [3.8, 4) is 5.75 Å². The van der Waals surface area contributed by atoms with Crippen molar-refractivity contribution in [2.24, 2.45) is 23.7 Å². The molecule has 2 aliphatic heterocycles. The average Bonchev–Trinajstić information content (AvgIpc) is 3.47. The van der Waals surface area contributed by atoms with E-state index in [0.717, 1.165) is 7.11 Å². The van der Waals surface area contributed by atoms with E-state index in [-0.39, 0.29) is 34.7 Å². The van der Waals surface area contributed by atoms with E-state index in [9.17, 15) is 37.5 Å². The fourth-order valence-corrected chi connectivity index (χ4v) is 8.67. The molecule has 51 heavy (non-hydrogen) atoms. The number of pyridine rings is 1. The normalized spacial score (nSPS) is 27.2. The number of fused-ring (bicyclic) bond motifs is 4. The molecule has 0 radical (unpaired) electrons. The van der Waals surface area contributed by atoms with Gasteiger partial charge in [0.05, 0.1) is 40.9 Å². The Hall–Kier alpha value is -4.66. The number of imide groups is 4. The fraction of sp³-hybridized carbons (Fsp3) is 0.294. The number of methoxy groups -OCH3 is 1. The summed E-state index contributed by atoms with van der Waals surface area (Å²) >= 11 is 18.9. The third-order valence-electron chi connectivity index (χ3n) is 10.2. The summed E-state index contributed by atoms with van der Waals surface area (Å²) in [6.45, 7) is 0. The van der Waals surface area contributed by atoms with Crippen molar-refractivity contribution in [3.05, 3.63) is 98.1 Å². The number of aromatic nitrogens is 1. The van der Waals surface area contributed by atoms with Gasteiger partial charge in [0.25, 0.3) is 11.8 Å². The summed E-state index contributed by atoms with van der Waals surface area (Å²) in [4.78, 5) is 73.7. The second-order valence-corrected chi connectivity index (χ2v) is 13.9. The summed E-state index contributed by atoms with van der Waals surface area (Å²) in [7, 11) is 1.02. The number of hydrogen-bond acceptors (Lipinski definition) is 9. The Kier molecular flexibility index (Phi) is 8.35. The number of benzene rings is 2. The van der Waals surface area contributed by atoms with Crippen molar-refractivity contribution in [3.63, 3.8) is 0 Å². The summed E-state index contributed by atoms with van der Waals surface area (Å²) in [6, 6.07) is 10.8. The molecule has 264 valence electrons. The molecular formula is C34H24Cl3F3N4O7. The second-order valence-electron chi connectivity index (χ2n) is 12.6. The highest BCUT2D eigenvalue weighted by molar-refractivity contribution is 6.33. The molecule has 11 nitrogen and oxygen atoms in total. The van der Waals surface area contributed by atoms with Crippen LogP contribution in [0.1, 0.15) is 35.4 Å². The molecule has 2 saturated heterocycles. The van der Waals surface area contributed by atoms with Crippen molar-refractivity contribution < 1.29 is 47.0 Å². The topological polar surface area (TPSA) is 146 Å². The Balaban J connectivity index is 1.45. The standard InChI is InChI=1S/C34H24Cl3F3N4O7/c1-51-32(50)43-28(46)19-8-7-18-20(25(19)30(43)48)12-22-29(47)44(42-27-23(37)10-15(13-41-27)34(38,39)40)31(49)33(22,14-2-4-16(35)5-3-14)26(18)21-11-17(36)6-9-24(21)45/h2-7,9-11,13,19-20,22,25-26,45H,8,12H2,1H3,(H,41,42)/t19-,20+,22-,25-,26+,33+/m0/s1. The summed E-state index contributed by atoms with van der Waals surface area (Å²) in [5, 5.41) is 11.9. The van der Waals surface area contributed by atoms with E-state index >= 15 is 4.79 Å². The zero-order chi connectivity index (χ0) is 36.7. The molecule has 3 fully saturated rings. The lowest BCUT2D eigenvalue weighted by atomic mass is 9.49. The van der Waals surface area contributed by atoms with Crippen LogP contribution >= 0.6 is 34.8 Å². The number of carbonyl (C=O) groups excluding carboxylic acids is 5. The SMILES string of the molecule is COC(=O)N1C(=O)[C@H]2[C@H](CC=C3[C@H]2C[C@H]2C(=O)N(Nc4ncc(C(F)(F)F)cc4Cl)C(=O)[C@@]2(c2ccc(Cl)cc2)[C@H]3c2cc(Cl)ccc2O)C1=O. The van der Waals surface area contributed by atoms with Gasteiger partial charge in [-0.2, -0.15) is 23.1 Å². The van der Waals surface area contributed by atoms with Gasteiger partial charge in [0.15, 0.2) is 5.82 Å². The van der Waals surface area contributed by atoms with Crippen LogP contribution in [0, 0.1) is 23.7 Å². The van der Waals surface area contributed by atoms with Crippen molar-refractivity contribution in [2.75, 3.05) is 12.5 Å². The van der Waals surface area contributed by atoms with E-state index in [4.69, 9.17) is 39.5 Å². The summed E-state index contributed by atoms with van der Waals surface area (Å²) in [5.74, 6) is -9.66. The first-order valence-corrected chi connectivity index (χ1v) is 16.5. The van der Waals surface area contributed by atoms with Crippen molar-refractivity contribution in [2.45, 2.75) is 30.4 Å². The lowest BCUT2D eigenvalue weighted by Crippen LogP contribution is -2.53. The number of hydrogen-bond donors (Lipinski definition) is 2. The maximum absolute atomic E-state index is 15.1. The van der Waals surface area contributed by atoms with Gasteiger partial charge < -0.3 is 9.84 Å². The number of hydrazine groups is 1. The Morgan fingerprint density at radius 3 is 2.31 bits per heavy atom. The number of halogens is 6. The molecule has 3 aromatic rings. The molecule has 2 N–H and O–H groups in total. The highest BCUT2D eigenvalue weighted by Crippen LogP contribution is 2.65. The number of nitrogens with zero attached hydrogens (tertiary/aromatic N) is 3. The van der Waals surface area contributed by atoms with E-state index in [2.05, 4.69) is 10.4 Å². The summed E-state index contributed by atoms with van der Waals surface area (Å²) < 4.78 is 44.9. The molecule has 2 aliphatic carbocycles. The van der Waals surface area contributed by atoms with E-state index in [1.54, 1.807) is 6.08 Å². The number of aromatic hydroxyl groups is 1. The van der Waals surface area contributed by atoms with Crippen molar-refractivity contribution in [1.29, 1.82) is 0 Å². The maximum atomic E-state index is 15.1. The molecule has 0 unspecified atom stereocenters. The van der Waals surface area contributed by atoms with Crippen LogP contribution in [0.3, 0.4) is 0 Å². The van der Waals surface area contributed by atoms with Crippen molar-refractivity contribution in [1.82, 2.24) is 14.9 Å². The minimum atomic E-state index is -4.78. The largest absolute Gasteiger partial charge is 0.508 e. The zero-order valence-electron chi connectivity index (χ0n) is 26.1. The van der Waals surface area contributed by atoms with Gasteiger partial charge in [-0.1, -0.05) is 58.6 Å². The van der Waals surface area contributed by atoms with Gasteiger partial charge in [-0.25, -0.2) is 9.78 Å². The smallest absolute Gasteiger partial charge is 0.423 e. The number of likely N-dealkylation sites (tertiary alicyclic amines) is 1. The Bertz CT molecular complexity index is 2080. The zero-order valence-corrected chi connectivity index (χ0v) is 28.3. The molecular weight excluding hydrogens is 740 g/mol. The lowest BCUT2D eigenvalue weighted by molar-refractivity contribution is -0.140. The van der Waals surface area contributed by atoms with Crippen LogP contribution < -0.4 is 5.43 Å². The number of ether oxygens (including phenoxy) is 1. The third-order valence-corrected chi connectivity index (χ3v) is 11.0. The average molecular weight is 764 g/mol. The highest BCUT2D eigenvalue weighted by atomic mass is 35.5. The van der Waals surface area contributed by atoms with Gasteiger partial charge in [-0.05, 0) is 60.7 Å². The Morgan fingerprint density at radius 1 is 0.980 bits per heavy atom. The number of amides is 5. The first kappa shape index (κ1) is 34.8. The number of carbonyl (C=O) groups is 5. The molecule has 0 bridgehead atoms. The molecule has 4 aliphatic rings. The van der Waals surface area contributed by atoms with Crippen LogP contribution in [0.4, 0.5) is 23.8 Å². The maximum Gasteiger partial charge on any atom is 0.423 e. The number of anilines is 1. The monoisotopic (exact) mass is 762 g/mol. The number of nitrogens with one attached hydrogen (secondary N) is 1. The first-order valence-electron chi connectivity index (χ1n) is 15.4. The van der Waals surface area contributed by atoms with Gasteiger partial charge in [-0.3, -0.25) is 24.6 Å². The Labute approximate surface area is 301 Å².